The van der Waals surface area contributed by atoms with Crippen molar-refractivity contribution < 1.29 is 67.5 Å². The molecule has 6 heterocycles. The zero-order chi connectivity index (χ0) is 43.1. The van der Waals surface area contributed by atoms with E-state index >= 15 is 0 Å². The molecule has 58 heavy (non-hydrogen) atoms. The van der Waals surface area contributed by atoms with Crippen molar-refractivity contribution in [2.45, 2.75) is 198 Å². The summed E-state index contributed by atoms with van der Waals surface area (Å²) in [5, 5.41) is 33.1. The fraction of sp³-hybridized carbons (Fsp3) is 0.977. The molecule has 14 heteroatoms. The zero-order valence-electron chi connectivity index (χ0n) is 37.8. The second-order valence-corrected chi connectivity index (χ2v) is 19.9. The van der Waals surface area contributed by atoms with Crippen molar-refractivity contribution in [2.24, 2.45) is 47.3 Å². The maximum atomic E-state index is 12.2. The van der Waals surface area contributed by atoms with Gasteiger partial charge in [0.05, 0.1) is 66.1 Å². The summed E-state index contributed by atoms with van der Waals surface area (Å²) in [5.41, 5.74) is -1.32. The van der Waals surface area contributed by atoms with Crippen LogP contribution in [0.2, 0.25) is 0 Å². The topological polar surface area (TPSA) is 170 Å². The van der Waals surface area contributed by atoms with Gasteiger partial charge in [-0.05, 0) is 47.0 Å². The number of carboxylic acids is 1. The first-order valence-corrected chi connectivity index (χ1v) is 21.8. The van der Waals surface area contributed by atoms with E-state index in [4.69, 9.17) is 47.4 Å². The maximum absolute atomic E-state index is 12.2. The van der Waals surface area contributed by atoms with Gasteiger partial charge in [0.25, 0.3) is 0 Å². The van der Waals surface area contributed by atoms with Gasteiger partial charge in [-0.3, -0.25) is 4.79 Å². The fourth-order valence-corrected chi connectivity index (χ4v) is 12.5. The highest BCUT2D eigenvalue weighted by molar-refractivity contribution is 5.70. The first kappa shape index (κ1) is 46.5. The Bertz CT molecular complexity index is 1450. The Hall–Kier alpha value is -1.01. The average Bonchev–Trinajstić information content (AvgIpc) is 3.85. The molecule has 6 fully saturated rings. The summed E-state index contributed by atoms with van der Waals surface area (Å²) in [6.45, 7) is 21.6. The number of aliphatic carboxylic acids is 1. The summed E-state index contributed by atoms with van der Waals surface area (Å²) in [7, 11) is 6.70. The Morgan fingerprint density at radius 3 is 1.86 bits per heavy atom. The lowest BCUT2D eigenvalue weighted by molar-refractivity contribution is -0.366. The molecule has 1 spiro atoms. The SMILES string of the molecule is COC1C[C@]2(CC[C@@](C)([C@H]3CC[C@@](C)([C@@H]4O[C@@H]([C@H]5O[C@](C)(O)[C@H](C)[C@@H](OC)[C@@H]5C)[C@H](OC)[C@@H]4C)O3)O2)O[C@H]([C@@H](C)[C@H]2O[C@@](O)([C@H](C)C(=O)O)[C@H](C)[C@@H](OC)[C@H]2C)[C@@H]1C. The molecule has 6 aliphatic heterocycles. The average molecular weight is 829 g/mol. The van der Waals surface area contributed by atoms with Crippen molar-refractivity contribution in [3.8, 4) is 0 Å². The normalized spacial score (nSPS) is 54.8. The number of aliphatic hydroxyl groups is 2. The Morgan fingerprint density at radius 1 is 0.672 bits per heavy atom. The molecule has 6 saturated heterocycles. The van der Waals surface area contributed by atoms with Crippen LogP contribution in [-0.2, 0) is 52.2 Å². The van der Waals surface area contributed by atoms with Crippen molar-refractivity contribution in [3.05, 3.63) is 0 Å². The molecule has 0 saturated carbocycles. The van der Waals surface area contributed by atoms with Gasteiger partial charge >= 0.3 is 5.97 Å². The number of rotatable bonds is 11. The third-order valence-corrected chi connectivity index (χ3v) is 16.3. The minimum Gasteiger partial charge on any atom is -0.481 e. The monoisotopic (exact) mass is 829 g/mol. The van der Waals surface area contributed by atoms with Gasteiger partial charge in [-0.1, -0.05) is 48.5 Å². The number of methoxy groups -OCH3 is 4. The van der Waals surface area contributed by atoms with Crippen LogP contribution in [0.15, 0.2) is 0 Å². The van der Waals surface area contributed by atoms with Crippen LogP contribution < -0.4 is 0 Å². The Kier molecular flexibility index (Phi) is 13.3. The third kappa shape index (κ3) is 7.62. The summed E-state index contributed by atoms with van der Waals surface area (Å²) in [6, 6.07) is 0. The van der Waals surface area contributed by atoms with Crippen LogP contribution in [0.25, 0.3) is 0 Å². The van der Waals surface area contributed by atoms with Gasteiger partial charge in [-0.2, -0.15) is 0 Å². The summed E-state index contributed by atoms with van der Waals surface area (Å²) >= 11 is 0. The smallest absolute Gasteiger partial charge is 0.311 e. The highest BCUT2D eigenvalue weighted by Gasteiger charge is 2.64. The van der Waals surface area contributed by atoms with Gasteiger partial charge in [-0.15, -0.1) is 0 Å². The number of carboxylic acid groups (broad SMARTS) is 1. The Labute approximate surface area is 346 Å². The van der Waals surface area contributed by atoms with Crippen LogP contribution in [0.1, 0.15) is 108 Å². The van der Waals surface area contributed by atoms with Crippen LogP contribution in [0.5, 0.6) is 0 Å². The third-order valence-electron chi connectivity index (χ3n) is 16.3. The molecule has 0 aliphatic carbocycles. The lowest BCUT2D eigenvalue weighted by Crippen LogP contribution is -2.65. The predicted octanol–water partition coefficient (Wildman–Crippen LogP) is 5.17. The number of carbonyl (C=O) groups is 1. The molecule has 0 radical (unpaired) electrons. The molecule has 0 aromatic carbocycles. The van der Waals surface area contributed by atoms with Gasteiger partial charge in [-0.25, -0.2) is 0 Å². The van der Waals surface area contributed by atoms with Crippen molar-refractivity contribution in [3.63, 3.8) is 0 Å². The summed E-state index contributed by atoms with van der Waals surface area (Å²) in [6.07, 6.45) is -0.175. The molecule has 14 nitrogen and oxygen atoms in total. The minimum absolute atomic E-state index is 0.0300. The lowest BCUT2D eigenvalue weighted by atomic mass is 9.71. The Morgan fingerprint density at radius 2 is 1.28 bits per heavy atom. The van der Waals surface area contributed by atoms with E-state index in [1.165, 1.54) is 6.92 Å². The first-order chi connectivity index (χ1) is 27.0. The van der Waals surface area contributed by atoms with E-state index < -0.39 is 76.9 Å². The molecule has 23 atom stereocenters. The van der Waals surface area contributed by atoms with E-state index in [2.05, 4.69) is 34.6 Å². The molecule has 1 unspecified atom stereocenters. The van der Waals surface area contributed by atoms with Crippen LogP contribution in [0.3, 0.4) is 0 Å². The first-order valence-electron chi connectivity index (χ1n) is 21.8. The second kappa shape index (κ2) is 16.6. The molecule has 0 bridgehead atoms. The molecule has 3 N–H and O–H groups in total. The van der Waals surface area contributed by atoms with Gasteiger partial charge in [0.2, 0.25) is 0 Å². The van der Waals surface area contributed by atoms with Crippen molar-refractivity contribution in [1.82, 2.24) is 0 Å². The molecular weight excluding hydrogens is 752 g/mol. The standard InChI is InChI=1S/C44H76O14/c1-21-29(49-12)20-43(56-31(21)22(2)32-23(3)34(51-14)27(7)44(48,57-32)28(8)39(45)46)19-18-40(9,58-43)30-16-17-41(10,54-30)38-25(5)35(52-15)37(53-38)36-24(4)33(50-13)26(6)42(11,47)55-36/h21-38,47-48H,16-20H2,1-15H3,(H,45,46)/t21-,22-,23+,24+,25+,26-,27-,28-,29?,30-,31+,32-,33+,34+,35-,36+,37-,38-,40+,41+,42+,43-,44-/m1/s1. The van der Waals surface area contributed by atoms with Gasteiger partial charge in [0.15, 0.2) is 17.4 Å². The molecule has 6 rings (SSSR count). The van der Waals surface area contributed by atoms with E-state index in [1.54, 1.807) is 42.3 Å². The summed E-state index contributed by atoms with van der Waals surface area (Å²) in [5.74, 6) is -8.04. The van der Waals surface area contributed by atoms with Gasteiger partial charge in [0, 0.05) is 82.7 Å². The molecule has 0 aromatic heterocycles. The molecule has 0 amide bonds. The van der Waals surface area contributed by atoms with E-state index in [0.717, 1.165) is 12.8 Å². The lowest BCUT2D eigenvalue weighted by Gasteiger charge is -2.55. The number of ether oxygens (including phenoxy) is 10. The van der Waals surface area contributed by atoms with Crippen molar-refractivity contribution >= 4 is 5.97 Å². The zero-order valence-corrected chi connectivity index (χ0v) is 37.8. The van der Waals surface area contributed by atoms with Crippen molar-refractivity contribution in [2.75, 3.05) is 28.4 Å². The minimum atomic E-state index is -1.95. The fourth-order valence-electron chi connectivity index (χ4n) is 12.5. The molecular formula is C44H76O14. The van der Waals surface area contributed by atoms with E-state index in [9.17, 15) is 20.1 Å². The second-order valence-electron chi connectivity index (χ2n) is 19.9. The van der Waals surface area contributed by atoms with Crippen LogP contribution in [0.4, 0.5) is 0 Å². The largest absolute Gasteiger partial charge is 0.481 e. The van der Waals surface area contributed by atoms with Gasteiger partial charge in [0.1, 0.15) is 12.0 Å². The van der Waals surface area contributed by atoms with E-state index in [0.29, 0.717) is 19.3 Å². The maximum Gasteiger partial charge on any atom is 0.311 e. The van der Waals surface area contributed by atoms with Crippen LogP contribution >= 0.6 is 0 Å². The predicted molar refractivity (Wildman–Crippen MR) is 212 cm³/mol. The summed E-state index contributed by atoms with van der Waals surface area (Å²) < 4.78 is 65.4. The van der Waals surface area contributed by atoms with Gasteiger partial charge < -0.3 is 62.7 Å². The van der Waals surface area contributed by atoms with Crippen LogP contribution in [0, 0.1) is 47.3 Å². The van der Waals surface area contributed by atoms with E-state index in [1.807, 2.05) is 20.8 Å². The van der Waals surface area contributed by atoms with Crippen LogP contribution in [-0.4, -0.2) is 139 Å². The summed E-state index contributed by atoms with van der Waals surface area (Å²) in [4.78, 5) is 12.2. The van der Waals surface area contributed by atoms with Crippen molar-refractivity contribution in [1.29, 1.82) is 0 Å². The molecule has 336 valence electrons. The quantitative estimate of drug-likeness (QED) is 0.249. The Balaban J connectivity index is 1.19. The number of hydrogen-bond donors (Lipinski definition) is 3. The number of hydrogen-bond acceptors (Lipinski definition) is 13. The van der Waals surface area contributed by atoms with E-state index in [-0.39, 0.29) is 66.0 Å². The molecule has 6 aliphatic rings. The molecule has 0 aromatic rings. The highest BCUT2D eigenvalue weighted by Crippen LogP contribution is 2.55. The highest BCUT2D eigenvalue weighted by atomic mass is 16.7.